The zero-order valence-corrected chi connectivity index (χ0v) is 21.3. The molecule has 2 aliphatic heterocycles. The number of para-hydroxylation sites is 1. The molecule has 4 rings (SSSR count). The quantitative estimate of drug-likeness (QED) is 0.351. The van der Waals surface area contributed by atoms with Gasteiger partial charge in [-0.15, -0.1) is 24.0 Å². The highest BCUT2D eigenvalue weighted by Crippen LogP contribution is 2.16. The van der Waals surface area contributed by atoms with Crippen LogP contribution >= 0.6 is 24.0 Å². The molecule has 1 aromatic carbocycles. The normalized spacial score (nSPS) is 18.4. The lowest BCUT2D eigenvalue weighted by atomic mass is 10.1. The van der Waals surface area contributed by atoms with E-state index >= 15 is 0 Å². The smallest absolute Gasteiger partial charge is 0.239 e. The predicted octanol–water partition coefficient (Wildman–Crippen LogP) is 2.19. The number of guanidine groups is 1. The summed E-state index contributed by atoms with van der Waals surface area (Å²) in [6, 6.07) is 8.27. The Hall–Kier alpha value is -2.14. The van der Waals surface area contributed by atoms with Gasteiger partial charge in [0.1, 0.15) is 0 Å². The molecule has 1 atom stereocenters. The zero-order chi connectivity index (χ0) is 21.6. The first-order valence-corrected chi connectivity index (χ1v) is 11.2. The van der Waals surface area contributed by atoms with Crippen LogP contribution in [0.4, 0.5) is 0 Å². The summed E-state index contributed by atoms with van der Waals surface area (Å²) < 4.78 is 2.03. The third kappa shape index (κ3) is 5.61. The van der Waals surface area contributed by atoms with E-state index in [0.29, 0.717) is 6.54 Å². The molecule has 2 fully saturated rings. The summed E-state index contributed by atoms with van der Waals surface area (Å²) >= 11 is 0. The lowest BCUT2D eigenvalue weighted by Crippen LogP contribution is -2.57. The Morgan fingerprint density at radius 3 is 2.47 bits per heavy atom. The summed E-state index contributed by atoms with van der Waals surface area (Å²) in [4.78, 5) is 28.0. The average Bonchev–Trinajstić information content (AvgIpc) is 3.54. The summed E-state index contributed by atoms with van der Waals surface area (Å²) in [5.41, 5.74) is 2.30. The Morgan fingerprint density at radius 2 is 1.81 bits per heavy atom. The van der Waals surface area contributed by atoms with Gasteiger partial charge in [-0.05, 0) is 31.4 Å². The molecule has 1 aromatic heterocycles. The van der Waals surface area contributed by atoms with Gasteiger partial charge in [-0.25, -0.2) is 4.98 Å². The van der Waals surface area contributed by atoms with Crippen LogP contribution in [0.15, 0.2) is 48.0 Å². The fraction of sp³-hybridized carbons (Fsp3) is 0.522. The van der Waals surface area contributed by atoms with Crippen LogP contribution in [-0.2, 0) is 11.3 Å². The topological polar surface area (TPSA) is 69.0 Å². The summed E-state index contributed by atoms with van der Waals surface area (Å²) in [6.45, 7) is 8.03. The standard InChI is InChI=1S/C23H33N7O.HI/c1-19(22(31)28-10-5-6-11-28)27-13-15-29(16-14-27)23(24-2)26-17-20-7-3-4-8-21(20)30-12-9-25-18-30;/h3-4,7-9,12,18-19H,5-6,10-11,13-17H2,1-2H3,(H,24,26);1H. The number of imidazole rings is 1. The van der Waals surface area contributed by atoms with Gasteiger partial charge in [0.25, 0.3) is 0 Å². The van der Waals surface area contributed by atoms with E-state index in [1.165, 1.54) is 5.56 Å². The van der Waals surface area contributed by atoms with Gasteiger partial charge in [0.15, 0.2) is 5.96 Å². The molecule has 174 valence electrons. The highest BCUT2D eigenvalue weighted by Gasteiger charge is 2.30. The molecule has 2 saturated heterocycles. The van der Waals surface area contributed by atoms with Gasteiger partial charge in [-0.1, -0.05) is 18.2 Å². The monoisotopic (exact) mass is 551 g/mol. The molecule has 8 nitrogen and oxygen atoms in total. The highest BCUT2D eigenvalue weighted by molar-refractivity contribution is 14.0. The number of aliphatic imine (C=N–C) groups is 1. The molecule has 0 saturated carbocycles. The maximum absolute atomic E-state index is 12.7. The molecule has 3 heterocycles. The van der Waals surface area contributed by atoms with E-state index in [9.17, 15) is 4.79 Å². The Morgan fingerprint density at radius 1 is 1.09 bits per heavy atom. The number of nitrogens with zero attached hydrogens (tertiary/aromatic N) is 6. The third-order valence-electron chi connectivity index (χ3n) is 6.36. The summed E-state index contributed by atoms with van der Waals surface area (Å²) in [7, 11) is 1.83. The molecule has 2 aliphatic rings. The number of hydrogen-bond acceptors (Lipinski definition) is 4. The van der Waals surface area contributed by atoms with Crippen molar-refractivity contribution in [2.45, 2.75) is 32.4 Å². The first-order valence-electron chi connectivity index (χ1n) is 11.2. The van der Waals surface area contributed by atoms with Gasteiger partial charge >= 0.3 is 0 Å². The molecule has 0 aliphatic carbocycles. The number of carbonyl (C=O) groups excluding carboxylic acids is 1. The second-order valence-electron chi connectivity index (χ2n) is 8.23. The molecule has 1 amide bonds. The number of hydrogen-bond donors (Lipinski definition) is 1. The van der Waals surface area contributed by atoms with Crippen molar-refractivity contribution in [2.24, 2.45) is 4.99 Å². The van der Waals surface area contributed by atoms with Gasteiger partial charge in [0.2, 0.25) is 5.91 Å². The molecule has 0 radical (unpaired) electrons. The van der Waals surface area contributed by atoms with E-state index in [0.717, 1.165) is 63.8 Å². The number of carbonyl (C=O) groups is 1. The fourth-order valence-electron chi connectivity index (χ4n) is 4.50. The minimum atomic E-state index is -0.0442. The lowest BCUT2D eigenvalue weighted by molar-refractivity contribution is -0.135. The van der Waals surface area contributed by atoms with Crippen LogP contribution in [0.3, 0.4) is 0 Å². The molecule has 0 bridgehead atoms. The number of nitrogens with one attached hydrogen (secondary N) is 1. The van der Waals surface area contributed by atoms with E-state index < -0.39 is 0 Å². The first kappa shape index (κ1) is 24.5. The second-order valence-corrected chi connectivity index (χ2v) is 8.23. The van der Waals surface area contributed by atoms with Crippen LogP contribution < -0.4 is 5.32 Å². The molecule has 9 heteroatoms. The zero-order valence-electron chi connectivity index (χ0n) is 19.0. The second kappa shape index (κ2) is 11.6. The molecular formula is C23H34IN7O. The van der Waals surface area contributed by atoms with Crippen molar-refractivity contribution in [1.82, 2.24) is 29.6 Å². The number of piperazine rings is 1. The lowest BCUT2D eigenvalue weighted by Gasteiger charge is -2.39. The molecule has 0 spiro atoms. The van der Waals surface area contributed by atoms with Crippen LogP contribution in [0.25, 0.3) is 5.69 Å². The van der Waals surface area contributed by atoms with Crippen molar-refractivity contribution in [3.8, 4) is 5.69 Å². The average molecular weight is 551 g/mol. The number of benzene rings is 1. The minimum absolute atomic E-state index is 0. The van der Waals surface area contributed by atoms with Crippen LogP contribution in [0.1, 0.15) is 25.3 Å². The molecule has 2 aromatic rings. The van der Waals surface area contributed by atoms with Gasteiger partial charge in [-0.3, -0.25) is 14.7 Å². The van der Waals surface area contributed by atoms with Crippen molar-refractivity contribution in [3.05, 3.63) is 48.5 Å². The van der Waals surface area contributed by atoms with Crippen molar-refractivity contribution in [3.63, 3.8) is 0 Å². The van der Waals surface area contributed by atoms with Crippen molar-refractivity contribution in [2.75, 3.05) is 46.3 Å². The van der Waals surface area contributed by atoms with Gasteiger partial charge < -0.3 is 19.7 Å². The highest BCUT2D eigenvalue weighted by atomic mass is 127. The largest absolute Gasteiger partial charge is 0.352 e. The Kier molecular flexibility index (Phi) is 8.92. The van der Waals surface area contributed by atoms with Crippen LogP contribution in [0.5, 0.6) is 0 Å². The first-order chi connectivity index (χ1) is 15.2. The number of aromatic nitrogens is 2. The molecule has 32 heavy (non-hydrogen) atoms. The number of rotatable bonds is 5. The van der Waals surface area contributed by atoms with Crippen molar-refractivity contribution < 1.29 is 4.79 Å². The summed E-state index contributed by atoms with van der Waals surface area (Å²) in [6.07, 6.45) is 7.84. The molecule has 1 N–H and O–H groups in total. The van der Waals surface area contributed by atoms with Crippen LogP contribution in [0.2, 0.25) is 0 Å². The number of likely N-dealkylation sites (tertiary alicyclic amines) is 1. The number of halogens is 1. The van der Waals surface area contributed by atoms with Crippen LogP contribution in [-0.4, -0.2) is 88.5 Å². The summed E-state index contributed by atoms with van der Waals surface area (Å²) in [5.74, 6) is 1.18. The minimum Gasteiger partial charge on any atom is -0.352 e. The Balaban J connectivity index is 0.00000289. The van der Waals surface area contributed by atoms with Gasteiger partial charge in [-0.2, -0.15) is 0 Å². The van der Waals surface area contributed by atoms with Crippen molar-refractivity contribution >= 4 is 35.8 Å². The fourth-order valence-corrected chi connectivity index (χ4v) is 4.50. The van der Waals surface area contributed by atoms with E-state index in [1.54, 1.807) is 6.20 Å². The van der Waals surface area contributed by atoms with Crippen molar-refractivity contribution in [1.29, 1.82) is 0 Å². The van der Waals surface area contributed by atoms with Crippen LogP contribution in [0, 0.1) is 0 Å². The number of amides is 1. The summed E-state index contributed by atoms with van der Waals surface area (Å²) in [5, 5.41) is 3.52. The Bertz CT molecular complexity index is 888. The maximum atomic E-state index is 12.7. The Labute approximate surface area is 207 Å². The van der Waals surface area contributed by atoms with E-state index in [1.807, 2.05) is 35.1 Å². The van der Waals surface area contributed by atoms with Gasteiger partial charge in [0.05, 0.1) is 18.1 Å². The predicted molar refractivity (Wildman–Crippen MR) is 138 cm³/mol. The molecular weight excluding hydrogens is 517 g/mol. The molecule has 1 unspecified atom stereocenters. The maximum Gasteiger partial charge on any atom is 0.239 e. The van der Waals surface area contributed by atoms with E-state index in [2.05, 4.69) is 50.2 Å². The third-order valence-corrected chi connectivity index (χ3v) is 6.36. The van der Waals surface area contributed by atoms with E-state index in [-0.39, 0.29) is 35.9 Å². The van der Waals surface area contributed by atoms with Gasteiger partial charge in [0, 0.05) is 65.3 Å². The SMILES string of the molecule is CN=C(NCc1ccccc1-n1ccnc1)N1CCN(C(C)C(=O)N2CCCC2)CC1.I. The van der Waals surface area contributed by atoms with E-state index in [4.69, 9.17) is 0 Å².